The molecule has 0 spiro atoms. The summed E-state index contributed by atoms with van der Waals surface area (Å²) in [5, 5.41) is 1.09. The van der Waals surface area contributed by atoms with Gasteiger partial charge < -0.3 is 14.8 Å². The SMILES string of the molecule is CC(=O)N1CCCN(C(=O)CCc2c(-c3ccc(F)cc3)[nH]c3ccccc23)CC1. The minimum Gasteiger partial charge on any atom is -0.354 e. The summed E-state index contributed by atoms with van der Waals surface area (Å²) in [6.45, 7) is 4.13. The van der Waals surface area contributed by atoms with E-state index in [1.54, 1.807) is 24.0 Å². The first kappa shape index (κ1) is 20.1. The highest BCUT2D eigenvalue weighted by Gasteiger charge is 2.21. The molecule has 2 heterocycles. The molecule has 1 N–H and O–H groups in total. The average molecular weight is 407 g/mol. The number of hydrogen-bond acceptors (Lipinski definition) is 2. The van der Waals surface area contributed by atoms with Gasteiger partial charge in [0.1, 0.15) is 5.82 Å². The fourth-order valence-electron chi connectivity index (χ4n) is 4.19. The number of benzene rings is 2. The lowest BCUT2D eigenvalue weighted by Crippen LogP contribution is -2.36. The Balaban J connectivity index is 1.53. The summed E-state index contributed by atoms with van der Waals surface area (Å²) >= 11 is 0. The zero-order chi connectivity index (χ0) is 21.1. The van der Waals surface area contributed by atoms with E-state index in [9.17, 15) is 14.0 Å². The fourth-order valence-corrected chi connectivity index (χ4v) is 4.19. The van der Waals surface area contributed by atoms with E-state index in [4.69, 9.17) is 0 Å². The average Bonchev–Trinajstić information content (AvgIpc) is 2.93. The number of amides is 2. The Labute approximate surface area is 175 Å². The number of hydrogen-bond donors (Lipinski definition) is 1. The molecule has 0 bridgehead atoms. The Hall–Kier alpha value is -3.15. The van der Waals surface area contributed by atoms with Gasteiger partial charge >= 0.3 is 0 Å². The van der Waals surface area contributed by atoms with E-state index in [2.05, 4.69) is 11.1 Å². The summed E-state index contributed by atoms with van der Waals surface area (Å²) < 4.78 is 13.4. The Kier molecular flexibility index (Phi) is 5.84. The molecule has 1 aliphatic heterocycles. The van der Waals surface area contributed by atoms with Crippen molar-refractivity contribution in [1.29, 1.82) is 0 Å². The number of nitrogens with one attached hydrogen (secondary N) is 1. The number of nitrogens with zero attached hydrogens (tertiary/aromatic N) is 2. The van der Waals surface area contributed by atoms with Crippen LogP contribution in [0.2, 0.25) is 0 Å². The molecule has 2 aromatic carbocycles. The molecule has 0 unspecified atom stereocenters. The van der Waals surface area contributed by atoms with Gasteiger partial charge in [-0.3, -0.25) is 9.59 Å². The number of H-pyrrole nitrogens is 1. The molecule has 5 nitrogen and oxygen atoms in total. The molecule has 1 saturated heterocycles. The van der Waals surface area contributed by atoms with Gasteiger partial charge in [0.25, 0.3) is 0 Å². The molecular weight excluding hydrogens is 381 g/mol. The third kappa shape index (κ3) is 4.22. The van der Waals surface area contributed by atoms with E-state index in [1.165, 1.54) is 12.1 Å². The first-order valence-electron chi connectivity index (χ1n) is 10.4. The van der Waals surface area contributed by atoms with Crippen molar-refractivity contribution in [1.82, 2.24) is 14.8 Å². The quantitative estimate of drug-likeness (QED) is 0.711. The lowest BCUT2D eigenvalue weighted by Gasteiger charge is -2.21. The Morgan fingerprint density at radius 1 is 0.967 bits per heavy atom. The molecule has 1 fully saturated rings. The number of aromatic nitrogens is 1. The number of carbonyl (C=O) groups is 2. The number of rotatable bonds is 4. The number of aromatic amines is 1. The monoisotopic (exact) mass is 407 g/mol. The molecule has 1 aliphatic rings. The highest BCUT2D eigenvalue weighted by molar-refractivity contribution is 5.91. The molecule has 0 radical (unpaired) electrons. The summed E-state index contributed by atoms with van der Waals surface area (Å²) in [6.07, 6.45) is 1.80. The summed E-state index contributed by atoms with van der Waals surface area (Å²) in [5.74, 6) is -0.102. The predicted octanol–water partition coefficient (Wildman–Crippen LogP) is 3.99. The van der Waals surface area contributed by atoms with Crippen LogP contribution < -0.4 is 0 Å². The second-order valence-corrected chi connectivity index (χ2v) is 7.77. The number of carbonyl (C=O) groups excluding carboxylic acids is 2. The zero-order valence-corrected chi connectivity index (χ0v) is 17.2. The Morgan fingerprint density at radius 2 is 1.67 bits per heavy atom. The largest absolute Gasteiger partial charge is 0.354 e. The molecular formula is C24H26FN3O2. The summed E-state index contributed by atoms with van der Waals surface area (Å²) in [5.41, 5.74) is 3.92. The zero-order valence-electron chi connectivity index (χ0n) is 17.2. The van der Waals surface area contributed by atoms with E-state index < -0.39 is 0 Å². The van der Waals surface area contributed by atoms with Crippen molar-refractivity contribution in [2.24, 2.45) is 0 Å². The van der Waals surface area contributed by atoms with E-state index in [0.717, 1.165) is 34.1 Å². The number of fused-ring (bicyclic) bond motifs is 1. The molecule has 0 atom stereocenters. The normalized spacial score (nSPS) is 14.7. The maximum atomic E-state index is 13.4. The molecule has 3 aromatic rings. The molecule has 2 amide bonds. The van der Waals surface area contributed by atoms with Crippen LogP contribution in [-0.4, -0.2) is 52.8 Å². The van der Waals surface area contributed by atoms with Gasteiger partial charge in [-0.1, -0.05) is 18.2 Å². The van der Waals surface area contributed by atoms with Gasteiger partial charge in [-0.2, -0.15) is 0 Å². The van der Waals surface area contributed by atoms with Gasteiger partial charge in [-0.25, -0.2) is 4.39 Å². The third-order valence-electron chi connectivity index (χ3n) is 5.83. The molecule has 4 rings (SSSR count). The molecule has 1 aromatic heterocycles. The smallest absolute Gasteiger partial charge is 0.222 e. The van der Waals surface area contributed by atoms with Gasteiger partial charge in [0, 0.05) is 56.1 Å². The summed E-state index contributed by atoms with van der Waals surface area (Å²) in [4.78, 5) is 31.7. The van der Waals surface area contributed by atoms with Crippen LogP contribution in [-0.2, 0) is 16.0 Å². The van der Waals surface area contributed by atoms with Crippen LogP contribution in [0.25, 0.3) is 22.2 Å². The second kappa shape index (κ2) is 8.69. The topological polar surface area (TPSA) is 56.4 Å². The maximum absolute atomic E-state index is 13.4. The number of aryl methyl sites for hydroxylation is 1. The molecule has 0 saturated carbocycles. The van der Waals surface area contributed by atoms with Gasteiger partial charge in [0.15, 0.2) is 0 Å². The van der Waals surface area contributed by atoms with Crippen molar-refractivity contribution in [2.45, 2.75) is 26.2 Å². The Morgan fingerprint density at radius 3 is 2.43 bits per heavy atom. The lowest BCUT2D eigenvalue weighted by molar-refractivity contribution is -0.132. The summed E-state index contributed by atoms with van der Waals surface area (Å²) in [7, 11) is 0. The first-order chi connectivity index (χ1) is 14.5. The second-order valence-electron chi connectivity index (χ2n) is 7.77. The Bertz CT molecular complexity index is 1060. The minimum absolute atomic E-state index is 0.0621. The van der Waals surface area contributed by atoms with Gasteiger partial charge in [0.2, 0.25) is 11.8 Å². The highest BCUT2D eigenvalue weighted by atomic mass is 19.1. The highest BCUT2D eigenvalue weighted by Crippen LogP contribution is 2.31. The standard InChI is InChI=1S/C24H26FN3O2/c1-17(29)27-13-4-14-28(16-15-27)23(30)12-11-21-20-5-2-3-6-22(20)26-24(21)18-7-9-19(25)10-8-18/h2-3,5-10,26H,4,11-16H2,1H3. The van der Waals surface area contributed by atoms with Crippen LogP contribution in [0.3, 0.4) is 0 Å². The van der Waals surface area contributed by atoms with Crippen LogP contribution in [0.1, 0.15) is 25.3 Å². The molecule has 6 heteroatoms. The first-order valence-corrected chi connectivity index (χ1v) is 10.4. The van der Waals surface area contributed by atoms with Crippen LogP contribution in [0, 0.1) is 5.82 Å². The van der Waals surface area contributed by atoms with E-state index in [0.29, 0.717) is 39.0 Å². The third-order valence-corrected chi connectivity index (χ3v) is 5.83. The minimum atomic E-state index is -0.271. The molecule has 0 aliphatic carbocycles. The number of halogens is 1. The lowest BCUT2D eigenvalue weighted by atomic mass is 10.0. The van der Waals surface area contributed by atoms with Crippen molar-refractivity contribution in [3.63, 3.8) is 0 Å². The van der Waals surface area contributed by atoms with Crippen LogP contribution in [0.4, 0.5) is 4.39 Å². The van der Waals surface area contributed by atoms with Gasteiger partial charge in [0.05, 0.1) is 0 Å². The fraction of sp³-hybridized carbons (Fsp3) is 0.333. The van der Waals surface area contributed by atoms with Crippen LogP contribution >= 0.6 is 0 Å². The van der Waals surface area contributed by atoms with E-state index in [-0.39, 0.29) is 17.6 Å². The van der Waals surface area contributed by atoms with Crippen molar-refractivity contribution in [3.05, 3.63) is 59.9 Å². The van der Waals surface area contributed by atoms with E-state index >= 15 is 0 Å². The van der Waals surface area contributed by atoms with Crippen molar-refractivity contribution in [2.75, 3.05) is 26.2 Å². The van der Waals surface area contributed by atoms with Crippen molar-refractivity contribution >= 4 is 22.7 Å². The summed E-state index contributed by atoms with van der Waals surface area (Å²) in [6, 6.07) is 14.4. The molecule has 30 heavy (non-hydrogen) atoms. The maximum Gasteiger partial charge on any atom is 0.222 e. The van der Waals surface area contributed by atoms with Gasteiger partial charge in [-0.05, 0) is 54.3 Å². The van der Waals surface area contributed by atoms with Crippen LogP contribution in [0.15, 0.2) is 48.5 Å². The predicted molar refractivity (Wildman–Crippen MR) is 115 cm³/mol. The van der Waals surface area contributed by atoms with Crippen LogP contribution in [0.5, 0.6) is 0 Å². The van der Waals surface area contributed by atoms with Crippen molar-refractivity contribution < 1.29 is 14.0 Å². The molecule has 156 valence electrons. The van der Waals surface area contributed by atoms with Crippen molar-refractivity contribution in [3.8, 4) is 11.3 Å². The van der Waals surface area contributed by atoms with Gasteiger partial charge in [-0.15, -0.1) is 0 Å². The number of para-hydroxylation sites is 1. The van der Waals surface area contributed by atoms with E-state index in [1.807, 2.05) is 23.1 Å².